The number of piperazine rings is 1. The summed E-state index contributed by atoms with van der Waals surface area (Å²) in [6.07, 6.45) is 0. The molecule has 0 atom stereocenters. The van der Waals surface area contributed by atoms with Crippen molar-refractivity contribution in [3.05, 3.63) is 33.8 Å². The SMILES string of the molecule is O=C(Cn1c(=O)oc2ccc(Cl)cc21)N1CCNCC1. The first-order valence-electron chi connectivity index (χ1n) is 6.42. The summed E-state index contributed by atoms with van der Waals surface area (Å²) in [5, 5.41) is 3.68. The van der Waals surface area contributed by atoms with Crippen molar-refractivity contribution in [2.24, 2.45) is 0 Å². The fourth-order valence-electron chi connectivity index (χ4n) is 2.33. The maximum absolute atomic E-state index is 12.2. The van der Waals surface area contributed by atoms with E-state index in [9.17, 15) is 9.59 Å². The number of benzene rings is 1. The molecule has 20 heavy (non-hydrogen) atoms. The number of carbonyl (C=O) groups is 1. The zero-order valence-corrected chi connectivity index (χ0v) is 11.5. The minimum absolute atomic E-state index is 0.0217. The standard InChI is InChI=1S/C13H14ClN3O3/c14-9-1-2-11-10(7-9)17(13(19)20-11)8-12(18)16-5-3-15-4-6-16/h1-2,7,15H,3-6,8H2. The van der Waals surface area contributed by atoms with Gasteiger partial charge in [-0.1, -0.05) is 11.6 Å². The lowest BCUT2D eigenvalue weighted by atomic mass is 10.3. The van der Waals surface area contributed by atoms with E-state index in [0.717, 1.165) is 13.1 Å². The van der Waals surface area contributed by atoms with E-state index in [1.54, 1.807) is 23.1 Å². The first-order chi connectivity index (χ1) is 9.65. The molecule has 0 spiro atoms. The van der Waals surface area contributed by atoms with E-state index >= 15 is 0 Å². The van der Waals surface area contributed by atoms with Crippen LogP contribution in [-0.2, 0) is 11.3 Å². The summed E-state index contributed by atoms with van der Waals surface area (Å²) in [6.45, 7) is 2.84. The molecular formula is C13H14ClN3O3. The quantitative estimate of drug-likeness (QED) is 0.885. The molecule has 2 aromatic rings. The van der Waals surface area contributed by atoms with Crippen molar-refractivity contribution in [1.82, 2.24) is 14.8 Å². The second-order valence-corrected chi connectivity index (χ2v) is 5.13. The molecule has 106 valence electrons. The van der Waals surface area contributed by atoms with E-state index in [1.807, 2.05) is 0 Å². The van der Waals surface area contributed by atoms with Crippen LogP contribution in [-0.4, -0.2) is 41.6 Å². The van der Waals surface area contributed by atoms with E-state index < -0.39 is 5.76 Å². The van der Waals surface area contributed by atoms with Crippen LogP contribution in [0.4, 0.5) is 0 Å². The first-order valence-corrected chi connectivity index (χ1v) is 6.80. The molecule has 1 fully saturated rings. The number of halogens is 1. The monoisotopic (exact) mass is 295 g/mol. The van der Waals surface area contributed by atoms with Gasteiger partial charge < -0.3 is 14.6 Å². The molecule has 0 unspecified atom stereocenters. The van der Waals surface area contributed by atoms with Crippen molar-refractivity contribution in [1.29, 1.82) is 0 Å². The van der Waals surface area contributed by atoms with Gasteiger partial charge in [-0.25, -0.2) is 4.79 Å². The predicted molar refractivity (Wildman–Crippen MR) is 74.9 cm³/mol. The number of nitrogens with one attached hydrogen (secondary N) is 1. The molecule has 0 saturated carbocycles. The molecule has 0 aliphatic carbocycles. The van der Waals surface area contributed by atoms with E-state index in [1.165, 1.54) is 4.57 Å². The van der Waals surface area contributed by atoms with Crippen molar-refractivity contribution in [2.45, 2.75) is 6.54 Å². The van der Waals surface area contributed by atoms with Gasteiger partial charge in [0.25, 0.3) is 0 Å². The number of amides is 1. The van der Waals surface area contributed by atoms with Crippen LogP contribution in [0.25, 0.3) is 11.1 Å². The molecule has 0 bridgehead atoms. The van der Waals surface area contributed by atoms with Gasteiger partial charge in [0.1, 0.15) is 6.54 Å². The largest absolute Gasteiger partial charge is 0.420 e. The van der Waals surface area contributed by atoms with Gasteiger partial charge in [-0.05, 0) is 18.2 Å². The third-order valence-corrected chi connectivity index (χ3v) is 3.63. The highest BCUT2D eigenvalue weighted by molar-refractivity contribution is 6.31. The van der Waals surface area contributed by atoms with Gasteiger partial charge in [-0.3, -0.25) is 9.36 Å². The fraction of sp³-hybridized carbons (Fsp3) is 0.385. The molecule has 7 heteroatoms. The molecule has 1 saturated heterocycles. The summed E-state index contributed by atoms with van der Waals surface area (Å²) in [5.41, 5.74) is 0.985. The Kier molecular flexibility index (Phi) is 3.50. The molecule has 6 nitrogen and oxygen atoms in total. The number of aromatic nitrogens is 1. The molecule has 1 aliphatic heterocycles. The molecule has 0 radical (unpaired) electrons. The van der Waals surface area contributed by atoms with Crippen LogP contribution in [0.5, 0.6) is 0 Å². The average molecular weight is 296 g/mol. The van der Waals surface area contributed by atoms with Gasteiger partial charge in [-0.15, -0.1) is 0 Å². The van der Waals surface area contributed by atoms with Crippen LogP contribution >= 0.6 is 11.6 Å². The zero-order chi connectivity index (χ0) is 14.1. The van der Waals surface area contributed by atoms with Gasteiger partial charge in [-0.2, -0.15) is 0 Å². The minimum atomic E-state index is -0.536. The Hall–Kier alpha value is -1.79. The molecule has 2 heterocycles. The number of oxazole rings is 1. The van der Waals surface area contributed by atoms with Crippen LogP contribution in [0.3, 0.4) is 0 Å². The number of hydrogen-bond donors (Lipinski definition) is 1. The highest BCUT2D eigenvalue weighted by Gasteiger charge is 2.19. The average Bonchev–Trinajstić information content (AvgIpc) is 2.76. The summed E-state index contributed by atoms with van der Waals surface area (Å²) in [6, 6.07) is 4.91. The third kappa shape index (κ3) is 2.44. The Balaban J connectivity index is 1.90. The second-order valence-electron chi connectivity index (χ2n) is 4.70. The van der Waals surface area contributed by atoms with Crippen LogP contribution in [0.1, 0.15) is 0 Å². The van der Waals surface area contributed by atoms with E-state index in [-0.39, 0.29) is 12.5 Å². The van der Waals surface area contributed by atoms with Crippen molar-refractivity contribution >= 4 is 28.6 Å². The number of nitrogens with zero attached hydrogens (tertiary/aromatic N) is 2. The maximum Gasteiger partial charge on any atom is 0.420 e. The number of rotatable bonds is 2. The normalized spacial score (nSPS) is 15.8. The Morgan fingerprint density at radius 2 is 2.10 bits per heavy atom. The first kappa shape index (κ1) is 13.2. The Morgan fingerprint density at radius 3 is 2.85 bits per heavy atom. The van der Waals surface area contributed by atoms with Crippen molar-refractivity contribution in [3.63, 3.8) is 0 Å². The van der Waals surface area contributed by atoms with Crippen molar-refractivity contribution in [2.75, 3.05) is 26.2 Å². The zero-order valence-electron chi connectivity index (χ0n) is 10.8. The smallest absolute Gasteiger partial charge is 0.408 e. The highest BCUT2D eigenvalue weighted by Crippen LogP contribution is 2.18. The number of carbonyl (C=O) groups excluding carboxylic acids is 1. The summed E-state index contributed by atoms with van der Waals surface area (Å²) < 4.78 is 6.43. The van der Waals surface area contributed by atoms with Gasteiger partial charge >= 0.3 is 5.76 Å². The summed E-state index contributed by atoms with van der Waals surface area (Å²) in [7, 11) is 0. The molecular weight excluding hydrogens is 282 g/mol. The lowest BCUT2D eigenvalue weighted by Gasteiger charge is -2.27. The summed E-state index contributed by atoms with van der Waals surface area (Å²) in [5.74, 6) is -0.623. The number of hydrogen-bond acceptors (Lipinski definition) is 4. The Labute approximate surface area is 119 Å². The topological polar surface area (TPSA) is 67.5 Å². The second kappa shape index (κ2) is 5.30. The Bertz CT molecular complexity index is 700. The van der Waals surface area contributed by atoms with E-state index in [0.29, 0.717) is 29.2 Å². The van der Waals surface area contributed by atoms with Crippen molar-refractivity contribution < 1.29 is 9.21 Å². The van der Waals surface area contributed by atoms with Crippen LogP contribution < -0.4 is 11.1 Å². The molecule has 3 rings (SSSR count). The molecule has 1 aromatic carbocycles. The lowest BCUT2D eigenvalue weighted by Crippen LogP contribution is -2.47. The number of fused-ring (bicyclic) bond motifs is 1. The molecule has 1 amide bonds. The van der Waals surface area contributed by atoms with Crippen LogP contribution in [0, 0.1) is 0 Å². The van der Waals surface area contributed by atoms with Gasteiger partial charge in [0.05, 0.1) is 5.52 Å². The van der Waals surface area contributed by atoms with Crippen molar-refractivity contribution in [3.8, 4) is 0 Å². The maximum atomic E-state index is 12.2. The van der Waals surface area contributed by atoms with Gasteiger partial charge in [0.15, 0.2) is 5.58 Å². The van der Waals surface area contributed by atoms with E-state index in [2.05, 4.69) is 5.32 Å². The van der Waals surface area contributed by atoms with Gasteiger partial charge in [0.2, 0.25) is 5.91 Å². The third-order valence-electron chi connectivity index (χ3n) is 3.39. The summed E-state index contributed by atoms with van der Waals surface area (Å²) in [4.78, 5) is 25.8. The predicted octanol–water partition coefficient (Wildman–Crippen LogP) is 0.680. The van der Waals surface area contributed by atoms with Crippen LogP contribution in [0.15, 0.2) is 27.4 Å². The van der Waals surface area contributed by atoms with Crippen LogP contribution in [0.2, 0.25) is 5.02 Å². The van der Waals surface area contributed by atoms with E-state index in [4.69, 9.17) is 16.0 Å². The minimum Gasteiger partial charge on any atom is -0.408 e. The Morgan fingerprint density at radius 1 is 1.35 bits per heavy atom. The summed E-state index contributed by atoms with van der Waals surface area (Å²) >= 11 is 5.92. The van der Waals surface area contributed by atoms with Gasteiger partial charge in [0, 0.05) is 31.2 Å². The lowest BCUT2D eigenvalue weighted by molar-refractivity contribution is -0.132. The molecule has 1 N–H and O–H groups in total. The molecule has 1 aliphatic rings. The highest BCUT2D eigenvalue weighted by atomic mass is 35.5. The fourth-order valence-corrected chi connectivity index (χ4v) is 2.50. The molecule has 1 aromatic heterocycles.